The Morgan fingerprint density at radius 2 is 1.71 bits per heavy atom. The molecule has 1 aliphatic rings. The average Bonchev–Trinajstić information content (AvgIpc) is 2.70. The third kappa shape index (κ3) is 5.12. The Balaban J connectivity index is 1.64. The molecule has 0 bridgehead atoms. The standard InChI is InChI=1S/C19H18Cl2N2O4S/c20-17-7-4-15(13-18(17)21)22-19(24)8-3-14-1-5-16(6-2-14)28(25,26)23-9-11-27-12-10-23/h1-8,13H,9-12H2,(H,22,24)/b8-3+. The van der Waals surface area contributed by atoms with Crippen molar-refractivity contribution in [3.63, 3.8) is 0 Å². The number of anilines is 1. The van der Waals surface area contributed by atoms with Crippen LogP contribution in [0.3, 0.4) is 0 Å². The van der Waals surface area contributed by atoms with Gasteiger partial charge in [-0.25, -0.2) is 8.42 Å². The van der Waals surface area contributed by atoms with Gasteiger partial charge in [0.2, 0.25) is 15.9 Å². The van der Waals surface area contributed by atoms with Gasteiger partial charge in [-0.15, -0.1) is 0 Å². The monoisotopic (exact) mass is 440 g/mol. The molecule has 0 aliphatic carbocycles. The maximum atomic E-state index is 12.6. The van der Waals surface area contributed by atoms with Crippen molar-refractivity contribution < 1.29 is 17.9 Å². The van der Waals surface area contributed by atoms with Crippen LogP contribution in [-0.2, 0) is 19.6 Å². The number of halogens is 2. The molecule has 2 aromatic rings. The molecule has 0 saturated carbocycles. The maximum absolute atomic E-state index is 12.6. The second-order valence-corrected chi connectivity index (χ2v) is 8.79. The summed E-state index contributed by atoms with van der Waals surface area (Å²) in [5.74, 6) is -0.344. The van der Waals surface area contributed by atoms with Crippen LogP contribution in [0.4, 0.5) is 5.69 Å². The van der Waals surface area contributed by atoms with E-state index < -0.39 is 10.0 Å². The molecule has 1 saturated heterocycles. The first-order chi connectivity index (χ1) is 13.4. The second kappa shape index (κ2) is 9.07. The Labute approximate surface area is 173 Å². The second-order valence-electron chi connectivity index (χ2n) is 6.04. The number of nitrogens with zero attached hydrogens (tertiary/aromatic N) is 1. The molecule has 0 radical (unpaired) electrons. The summed E-state index contributed by atoms with van der Waals surface area (Å²) < 4.78 is 31.8. The first-order valence-corrected chi connectivity index (χ1v) is 10.7. The molecule has 1 amide bonds. The topological polar surface area (TPSA) is 75.7 Å². The van der Waals surface area contributed by atoms with E-state index in [1.165, 1.54) is 22.5 Å². The molecule has 1 fully saturated rings. The molecule has 28 heavy (non-hydrogen) atoms. The van der Waals surface area contributed by atoms with E-state index in [2.05, 4.69) is 5.32 Å². The number of hydrogen-bond acceptors (Lipinski definition) is 4. The number of ether oxygens (including phenoxy) is 1. The lowest BCUT2D eigenvalue weighted by molar-refractivity contribution is -0.111. The predicted octanol–water partition coefficient (Wildman–Crippen LogP) is 3.67. The van der Waals surface area contributed by atoms with E-state index in [4.69, 9.17) is 27.9 Å². The van der Waals surface area contributed by atoms with E-state index in [1.54, 1.807) is 36.4 Å². The van der Waals surface area contributed by atoms with Crippen LogP contribution in [0.2, 0.25) is 10.0 Å². The first-order valence-electron chi connectivity index (χ1n) is 8.48. The van der Waals surface area contributed by atoms with Crippen molar-refractivity contribution in [2.75, 3.05) is 31.6 Å². The normalized spacial score (nSPS) is 15.6. The van der Waals surface area contributed by atoms with E-state index in [1.807, 2.05) is 0 Å². The van der Waals surface area contributed by atoms with Crippen LogP contribution < -0.4 is 5.32 Å². The number of sulfonamides is 1. The van der Waals surface area contributed by atoms with Crippen LogP contribution in [0.25, 0.3) is 6.08 Å². The number of rotatable bonds is 5. The molecule has 0 aromatic heterocycles. The van der Waals surface area contributed by atoms with Gasteiger partial charge in [-0.3, -0.25) is 4.79 Å². The fraction of sp³-hybridized carbons (Fsp3) is 0.211. The van der Waals surface area contributed by atoms with Crippen molar-refractivity contribution >= 4 is 50.9 Å². The number of morpholine rings is 1. The lowest BCUT2D eigenvalue weighted by Gasteiger charge is -2.26. The third-order valence-electron chi connectivity index (χ3n) is 4.10. The Kier molecular flexibility index (Phi) is 6.74. The summed E-state index contributed by atoms with van der Waals surface area (Å²) in [6, 6.07) is 11.2. The Morgan fingerprint density at radius 1 is 1.04 bits per heavy atom. The number of carbonyl (C=O) groups is 1. The highest BCUT2D eigenvalue weighted by molar-refractivity contribution is 7.89. The summed E-state index contributed by atoms with van der Waals surface area (Å²) in [6.07, 6.45) is 2.95. The van der Waals surface area contributed by atoms with E-state index in [9.17, 15) is 13.2 Å². The van der Waals surface area contributed by atoms with Gasteiger partial charge in [-0.1, -0.05) is 35.3 Å². The van der Waals surface area contributed by atoms with E-state index in [0.29, 0.717) is 47.6 Å². The summed E-state index contributed by atoms with van der Waals surface area (Å²) >= 11 is 11.8. The van der Waals surface area contributed by atoms with Gasteiger partial charge in [0.25, 0.3) is 0 Å². The van der Waals surface area contributed by atoms with Crippen LogP contribution in [-0.4, -0.2) is 44.9 Å². The number of benzene rings is 2. The molecule has 2 aromatic carbocycles. The third-order valence-corrected chi connectivity index (χ3v) is 6.75. The van der Waals surface area contributed by atoms with Gasteiger partial charge in [0, 0.05) is 24.9 Å². The minimum atomic E-state index is -3.53. The van der Waals surface area contributed by atoms with E-state index in [0.717, 1.165) is 0 Å². The van der Waals surface area contributed by atoms with Gasteiger partial charge in [0.1, 0.15) is 0 Å². The molecule has 3 rings (SSSR count). The molecule has 0 spiro atoms. The van der Waals surface area contributed by atoms with Gasteiger partial charge < -0.3 is 10.1 Å². The largest absolute Gasteiger partial charge is 0.379 e. The number of hydrogen-bond donors (Lipinski definition) is 1. The van der Waals surface area contributed by atoms with Gasteiger partial charge in [0.05, 0.1) is 28.2 Å². The van der Waals surface area contributed by atoms with Crippen molar-refractivity contribution in [2.45, 2.75) is 4.90 Å². The SMILES string of the molecule is O=C(/C=C/c1ccc(S(=O)(=O)N2CCOCC2)cc1)Nc1ccc(Cl)c(Cl)c1. The zero-order valence-electron chi connectivity index (χ0n) is 14.8. The molecule has 6 nitrogen and oxygen atoms in total. The molecule has 0 unspecified atom stereocenters. The molecule has 1 heterocycles. The fourth-order valence-corrected chi connectivity index (χ4v) is 4.32. The van der Waals surface area contributed by atoms with Crippen LogP contribution in [0.1, 0.15) is 5.56 Å². The van der Waals surface area contributed by atoms with Crippen LogP contribution in [0, 0.1) is 0 Å². The van der Waals surface area contributed by atoms with Crippen molar-refractivity contribution in [1.82, 2.24) is 4.31 Å². The molecule has 1 N–H and O–H groups in total. The smallest absolute Gasteiger partial charge is 0.248 e. The van der Waals surface area contributed by atoms with Crippen molar-refractivity contribution in [3.05, 3.63) is 64.1 Å². The predicted molar refractivity (Wildman–Crippen MR) is 110 cm³/mol. The number of amides is 1. The van der Waals surface area contributed by atoms with Gasteiger partial charge in [-0.05, 0) is 42.0 Å². The highest BCUT2D eigenvalue weighted by atomic mass is 35.5. The summed E-state index contributed by atoms with van der Waals surface area (Å²) in [7, 11) is -3.53. The van der Waals surface area contributed by atoms with Gasteiger partial charge in [0.15, 0.2) is 0 Å². The minimum Gasteiger partial charge on any atom is -0.379 e. The molecule has 0 atom stereocenters. The molecule has 1 aliphatic heterocycles. The summed E-state index contributed by atoms with van der Waals surface area (Å²) in [5, 5.41) is 3.43. The fourth-order valence-electron chi connectivity index (χ4n) is 2.62. The number of carbonyl (C=O) groups excluding carboxylic acids is 1. The molecular weight excluding hydrogens is 423 g/mol. The lowest BCUT2D eigenvalue weighted by Crippen LogP contribution is -2.40. The number of nitrogens with one attached hydrogen (secondary N) is 1. The zero-order valence-corrected chi connectivity index (χ0v) is 17.1. The average molecular weight is 441 g/mol. The van der Waals surface area contributed by atoms with Crippen molar-refractivity contribution in [3.8, 4) is 0 Å². The molecular formula is C19H18Cl2N2O4S. The molecule has 148 valence electrons. The summed E-state index contributed by atoms with van der Waals surface area (Å²) in [4.78, 5) is 12.2. The minimum absolute atomic E-state index is 0.215. The highest BCUT2D eigenvalue weighted by Crippen LogP contribution is 2.25. The van der Waals surface area contributed by atoms with E-state index in [-0.39, 0.29) is 10.8 Å². The first kappa shape index (κ1) is 20.8. The van der Waals surface area contributed by atoms with Crippen molar-refractivity contribution in [2.24, 2.45) is 0 Å². The Bertz CT molecular complexity index is 985. The van der Waals surface area contributed by atoms with Crippen LogP contribution in [0.15, 0.2) is 53.4 Å². The summed E-state index contributed by atoms with van der Waals surface area (Å²) in [6.45, 7) is 1.49. The van der Waals surface area contributed by atoms with E-state index >= 15 is 0 Å². The van der Waals surface area contributed by atoms with Crippen LogP contribution in [0.5, 0.6) is 0 Å². The maximum Gasteiger partial charge on any atom is 0.248 e. The molecule has 9 heteroatoms. The lowest BCUT2D eigenvalue weighted by atomic mass is 10.2. The summed E-state index contributed by atoms with van der Waals surface area (Å²) in [5.41, 5.74) is 1.22. The van der Waals surface area contributed by atoms with Crippen molar-refractivity contribution in [1.29, 1.82) is 0 Å². The van der Waals surface area contributed by atoms with Crippen LogP contribution >= 0.6 is 23.2 Å². The Hall–Kier alpha value is -1.90. The Morgan fingerprint density at radius 3 is 2.36 bits per heavy atom. The zero-order chi connectivity index (χ0) is 20.1. The quantitative estimate of drug-likeness (QED) is 0.719. The van der Waals surface area contributed by atoms with Gasteiger partial charge >= 0.3 is 0 Å². The highest BCUT2D eigenvalue weighted by Gasteiger charge is 2.25. The van der Waals surface area contributed by atoms with Gasteiger partial charge in [-0.2, -0.15) is 4.31 Å².